The first-order valence-corrected chi connectivity index (χ1v) is 11.0. The molecule has 32 heavy (non-hydrogen) atoms. The third-order valence-corrected chi connectivity index (χ3v) is 6.25. The molecule has 0 aliphatic carbocycles. The van der Waals surface area contributed by atoms with E-state index in [1.807, 2.05) is 6.92 Å². The number of nitrogens with one attached hydrogen (secondary N) is 1. The standard InChI is InChI=1S/C20H16BrF2N5O3S/c1-2-12(28-8-9(21)7-25-28)19(30)27-15-14-10(13-4-3-5-31-13)6-11(17(22)23)26-20(14)32-16(15)18(24)29/h3-8,12,17H,2H2,1H3,(H2,24,29)(H,27,30). The second-order valence-corrected chi connectivity index (χ2v) is 8.69. The van der Waals surface area contributed by atoms with Gasteiger partial charge in [-0.2, -0.15) is 5.10 Å². The molecular formula is C20H16BrF2N5O3S. The lowest BCUT2D eigenvalue weighted by molar-refractivity contribution is -0.119. The fourth-order valence-electron chi connectivity index (χ4n) is 3.33. The summed E-state index contributed by atoms with van der Waals surface area (Å²) in [5.74, 6) is -0.984. The minimum Gasteiger partial charge on any atom is -0.464 e. The first-order chi connectivity index (χ1) is 15.3. The molecule has 0 aromatic carbocycles. The lowest BCUT2D eigenvalue weighted by Crippen LogP contribution is -2.27. The van der Waals surface area contributed by atoms with E-state index in [1.54, 1.807) is 24.5 Å². The van der Waals surface area contributed by atoms with Gasteiger partial charge in [-0.25, -0.2) is 13.8 Å². The molecule has 0 aliphatic heterocycles. The van der Waals surface area contributed by atoms with Crippen LogP contribution in [0.25, 0.3) is 21.5 Å². The summed E-state index contributed by atoms with van der Waals surface area (Å²) in [6.07, 6.45) is 2.17. The number of carbonyl (C=O) groups is 2. The molecule has 0 saturated carbocycles. The average molecular weight is 524 g/mol. The number of nitrogens with zero attached hydrogens (tertiary/aromatic N) is 3. The number of rotatable bonds is 7. The molecule has 0 bridgehead atoms. The predicted octanol–water partition coefficient (Wildman–Crippen LogP) is 5.14. The van der Waals surface area contributed by atoms with Gasteiger partial charge in [-0.05, 0) is 40.5 Å². The van der Waals surface area contributed by atoms with Crippen LogP contribution >= 0.6 is 27.3 Å². The predicted molar refractivity (Wildman–Crippen MR) is 119 cm³/mol. The van der Waals surface area contributed by atoms with Gasteiger partial charge in [0.05, 0.1) is 22.6 Å². The van der Waals surface area contributed by atoms with Crippen molar-refractivity contribution in [1.29, 1.82) is 0 Å². The number of amides is 2. The van der Waals surface area contributed by atoms with Crippen molar-refractivity contribution in [3.8, 4) is 11.3 Å². The monoisotopic (exact) mass is 523 g/mol. The number of halogens is 3. The summed E-state index contributed by atoms with van der Waals surface area (Å²) < 4.78 is 34.5. The van der Waals surface area contributed by atoms with Crippen molar-refractivity contribution in [2.24, 2.45) is 5.73 Å². The smallest absolute Gasteiger partial charge is 0.280 e. The number of alkyl halides is 2. The van der Waals surface area contributed by atoms with E-state index in [4.69, 9.17) is 10.2 Å². The van der Waals surface area contributed by atoms with Crippen LogP contribution in [0.3, 0.4) is 0 Å². The van der Waals surface area contributed by atoms with Gasteiger partial charge in [-0.3, -0.25) is 14.3 Å². The van der Waals surface area contributed by atoms with Gasteiger partial charge in [-0.1, -0.05) is 6.92 Å². The van der Waals surface area contributed by atoms with Crippen molar-refractivity contribution in [3.63, 3.8) is 0 Å². The summed E-state index contributed by atoms with van der Waals surface area (Å²) in [5, 5.41) is 7.20. The Morgan fingerprint density at radius 1 is 1.41 bits per heavy atom. The molecule has 0 saturated heterocycles. The molecule has 8 nitrogen and oxygen atoms in total. The second kappa shape index (κ2) is 8.79. The van der Waals surface area contributed by atoms with Crippen molar-refractivity contribution in [2.45, 2.75) is 25.8 Å². The van der Waals surface area contributed by atoms with Gasteiger partial charge >= 0.3 is 0 Å². The summed E-state index contributed by atoms with van der Waals surface area (Å²) in [4.78, 5) is 29.4. The van der Waals surface area contributed by atoms with Crippen molar-refractivity contribution < 1.29 is 22.8 Å². The number of fused-ring (bicyclic) bond motifs is 1. The van der Waals surface area contributed by atoms with Crippen molar-refractivity contribution >= 4 is 55.0 Å². The van der Waals surface area contributed by atoms with Crippen molar-refractivity contribution in [1.82, 2.24) is 14.8 Å². The zero-order valence-corrected chi connectivity index (χ0v) is 18.9. The second-order valence-electron chi connectivity index (χ2n) is 6.78. The Morgan fingerprint density at radius 3 is 2.75 bits per heavy atom. The number of hydrogen-bond donors (Lipinski definition) is 2. The quantitative estimate of drug-likeness (QED) is 0.347. The molecule has 4 aromatic heterocycles. The third-order valence-electron chi connectivity index (χ3n) is 4.74. The van der Waals surface area contributed by atoms with Crippen molar-refractivity contribution in [3.05, 3.63) is 51.9 Å². The van der Waals surface area contributed by atoms with Crippen LogP contribution in [0.4, 0.5) is 14.5 Å². The Bertz CT molecular complexity index is 1300. The van der Waals surface area contributed by atoms with E-state index in [0.29, 0.717) is 16.3 Å². The molecule has 4 aromatic rings. The Balaban J connectivity index is 1.88. The fourth-order valence-corrected chi connectivity index (χ4v) is 4.65. The van der Waals surface area contributed by atoms with Crippen molar-refractivity contribution in [2.75, 3.05) is 5.32 Å². The maximum absolute atomic E-state index is 13.5. The van der Waals surface area contributed by atoms with E-state index < -0.39 is 30.0 Å². The average Bonchev–Trinajstić information content (AvgIpc) is 3.48. The summed E-state index contributed by atoms with van der Waals surface area (Å²) in [6.45, 7) is 1.81. The van der Waals surface area contributed by atoms with Crippen LogP contribution in [0, 0.1) is 0 Å². The first kappa shape index (κ1) is 22.1. The largest absolute Gasteiger partial charge is 0.464 e. The lowest BCUT2D eigenvalue weighted by Gasteiger charge is -2.16. The van der Waals surface area contributed by atoms with Gasteiger partial charge in [0.1, 0.15) is 27.2 Å². The first-order valence-electron chi connectivity index (χ1n) is 9.39. The highest BCUT2D eigenvalue weighted by atomic mass is 79.9. The number of hydrogen-bond acceptors (Lipinski definition) is 6. The van der Waals surface area contributed by atoms with Gasteiger partial charge in [-0.15, -0.1) is 11.3 Å². The highest BCUT2D eigenvalue weighted by Crippen LogP contribution is 2.42. The van der Waals surface area contributed by atoms with Crippen LogP contribution in [-0.2, 0) is 4.79 Å². The zero-order valence-electron chi connectivity index (χ0n) is 16.5. The van der Waals surface area contributed by atoms with Crippen LogP contribution in [0.15, 0.2) is 45.7 Å². The van der Waals surface area contributed by atoms with Gasteiger partial charge < -0.3 is 15.5 Å². The number of furan rings is 1. The number of thiophene rings is 1. The zero-order chi connectivity index (χ0) is 23.0. The number of nitrogens with two attached hydrogens (primary N) is 1. The third kappa shape index (κ3) is 4.02. The molecular weight excluding hydrogens is 508 g/mol. The Labute approximate surface area is 192 Å². The Hall–Kier alpha value is -3.12. The molecule has 2 amide bonds. The van der Waals surface area contributed by atoms with Crippen LogP contribution in [0.2, 0.25) is 0 Å². The molecule has 1 atom stereocenters. The Morgan fingerprint density at radius 2 is 2.19 bits per heavy atom. The molecule has 0 spiro atoms. The molecule has 12 heteroatoms. The van der Waals surface area contributed by atoms with E-state index in [2.05, 4.69) is 31.3 Å². The molecule has 166 valence electrons. The number of anilines is 1. The number of primary amides is 1. The van der Waals surface area contributed by atoms with Gasteiger partial charge in [0.25, 0.3) is 12.3 Å². The van der Waals surface area contributed by atoms with Gasteiger partial charge in [0, 0.05) is 17.1 Å². The minimum atomic E-state index is -2.84. The van der Waals surface area contributed by atoms with E-state index >= 15 is 0 Å². The van der Waals surface area contributed by atoms with E-state index in [9.17, 15) is 18.4 Å². The SMILES string of the molecule is CCC(C(=O)Nc1c(C(N)=O)sc2nc(C(F)F)cc(-c3ccco3)c12)n1cc(Br)cn1. The van der Waals surface area contributed by atoms with Crippen LogP contribution in [0.1, 0.15) is 41.2 Å². The normalized spacial score (nSPS) is 12.4. The highest BCUT2D eigenvalue weighted by molar-refractivity contribution is 9.10. The van der Waals surface area contributed by atoms with E-state index in [-0.39, 0.29) is 26.7 Å². The number of aromatic nitrogens is 3. The maximum atomic E-state index is 13.5. The summed E-state index contributed by atoms with van der Waals surface area (Å²) in [6, 6.07) is 3.69. The number of pyridine rings is 1. The maximum Gasteiger partial charge on any atom is 0.280 e. The number of carbonyl (C=O) groups excluding carboxylic acids is 2. The molecule has 1 unspecified atom stereocenters. The molecule has 0 aliphatic rings. The lowest BCUT2D eigenvalue weighted by atomic mass is 10.1. The van der Waals surface area contributed by atoms with Crippen LogP contribution in [-0.4, -0.2) is 26.6 Å². The molecule has 4 rings (SSSR count). The van der Waals surface area contributed by atoms with Gasteiger partial charge in [0.15, 0.2) is 0 Å². The van der Waals surface area contributed by atoms with E-state index in [0.717, 1.165) is 11.3 Å². The molecule has 0 fully saturated rings. The van der Waals surface area contributed by atoms with E-state index in [1.165, 1.54) is 17.0 Å². The molecule has 4 heterocycles. The molecule has 0 radical (unpaired) electrons. The molecule has 3 N–H and O–H groups in total. The summed E-state index contributed by atoms with van der Waals surface area (Å²) in [7, 11) is 0. The van der Waals surface area contributed by atoms with Crippen LogP contribution in [0.5, 0.6) is 0 Å². The topological polar surface area (TPSA) is 116 Å². The summed E-state index contributed by atoms with van der Waals surface area (Å²) in [5.41, 5.74) is 5.43. The summed E-state index contributed by atoms with van der Waals surface area (Å²) >= 11 is 4.13. The minimum absolute atomic E-state index is 0.00317. The fraction of sp³-hybridized carbons (Fsp3) is 0.200. The van der Waals surface area contributed by atoms with Crippen LogP contribution < -0.4 is 11.1 Å². The van der Waals surface area contributed by atoms with Gasteiger partial charge in [0.2, 0.25) is 5.91 Å². The Kier molecular flexibility index (Phi) is 6.07. The highest BCUT2D eigenvalue weighted by Gasteiger charge is 2.28.